The van der Waals surface area contributed by atoms with Crippen LogP contribution in [0.4, 0.5) is 0 Å². The topological polar surface area (TPSA) is 45.2 Å². The van der Waals surface area contributed by atoms with Crippen LogP contribution in [-0.2, 0) is 11.3 Å². The largest absolute Gasteiger partial charge is 0.339 e. The van der Waals surface area contributed by atoms with Gasteiger partial charge in [-0.2, -0.15) is 0 Å². The van der Waals surface area contributed by atoms with E-state index in [0.29, 0.717) is 24.3 Å². The molecule has 0 bridgehead atoms. The van der Waals surface area contributed by atoms with E-state index < -0.39 is 0 Å². The van der Waals surface area contributed by atoms with Crippen molar-refractivity contribution in [3.63, 3.8) is 0 Å². The highest BCUT2D eigenvalue weighted by molar-refractivity contribution is 5.78. The molecule has 3 rings (SSSR count). The summed E-state index contributed by atoms with van der Waals surface area (Å²) in [5, 5.41) is 3.45. The predicted octanol–water partition coefficient (Wildman–Crippen LogP) is 3.36. The fraction of sp³-hybridized carbons (Fsp3) is 0.429. The number of likely N-dealkylation sites (tertiary alicyclic amines) is 1. The molecule has 132 valence electrons. The van der Waals surface area contributed by atoms with Crippen LogP contribution in [0.25, 0.3) is 0 Å². The van der Waals surface area contributed by atoms with Crippen molar-refractivity contribution in [1.82, 2.24) is 15.2 Å². The van der Waals surface area contributed by atoms with E-state index in [1.54, 1.807) is 0 Å². The summed E-state index contributed by atoms with van der Waals surface area (Å²) in [7, 11) is 0. The Morgan fingerprint density at radius 3 is 2.76 bits per heavy atom. The molecule has 2 aromatic rings. The molecule has 2 atom stereocenters. The Labute approximate surface area is 150 Å². The molecular formula is C21H27N3O. The summed E-state index contributed by atoms with van der Waals surface area (Å²) in [5.41, 5.74) is 2.36. The third-order valence-corrected chi connectivity index (χ3v) is 4.98. The van der Waals surface area contributed by atoms with E-state index >= 15 is 0 Å². The van der Waals surface area contributed by atoms with Crippen molar-refractivity contribution in [2.24, 2.45) is 0 Å². The normalized spacial score (nSPS) is 18.5. The van der Waals surface area contributed by atoms with Crippen molar-refractivity contribution >= 4 is 5.91 Å². The van der Waals surface area contributed by atoms with Gasteiger partial charge in [0.1, 0.15) is 0 Å². The summed E-state index contributed by atoms with van der Waals surface area (Å²) >= 11 is 0. The number of pyridine rings is 1. The van der Waals surface area contributed by atoms with Gasteiger partial charge in [0, 0.05) is 31.7 Å². The Morgan fingerprint density at radius 2 is 2.00 bits per heavy atom. The second kappa shape index (κ2) is 8.77. The maximum Gasteiger partial charge on any atom is 0.222 e. The number of nitrogens with one attached hydrogen (secondary N) is 1. The average molecular weight is 337 g/mol. The second-order valence-corrected chi connectivity index (χ2v) is 6.84. The molecule has 0 spiro atoms. The van der Waals surface area contributed by atoms with Crippen molar-refractivity contribution in [2.75, 3.05) is 13.1 Å². The molecule has 4 heteroatoms. The number of benzene rings is 1. The fourth-order valence-corrected chi connectivity index (χ4v) is 3.51. The molecule has 1 saturated heterocycles. The van der Waals surface area contributed by atoms with Gasteiger partial charge in [-0.1, -0.05) is 43.3 Å². The summed E-state index contributed by atoms with van der Waals surface area (Å²) in [6.45, 7) is 4.71. The molecule has 1 aromatic heterocycles. The molecule has 0 saturated carbocycles. The van der Waals surface area contributed by atoms with Crippen LogP contribution in [0.1, 0.15) is 43.4 Å². The molecule has 1 aromatic carbocycles. The van der Waals surface area contributed by atoms with Gasteiger partial charge in [0.15, 0.2) is 0 Å². The van der Waals surface area contributed by atoms with Gasteiger partial charge in [-0.05, 0) is 43.0 Å². The minimum absolute atomic E-state index is 0.303. The molecule has 1 fully saturated rings. The Bertz CT molecular complexity index is 659. The van der Waals surface area contributed by atoms with E-state index in [-0.39, 0.29) is 0 Å². The second-order valence-electron chi connectivity index (χ2n) is 6.84. The van der Waals surface area contributed by atoms with Gasteiger partial charge < -0.3 is 10.2 Å². The molecule has 0 radical (unpaired) electrons. The number of hydrogen-bond acceptors (Lipinski definition) is 3. The SMILES string of the molecule is C[C@@H](CN1C(=O)CC[C@@H]1CCNCc1ccccn1)c1ccccc1. The number of nitrogens with zero attached hydrogens (tertiary/aromatic N) is 2. The van der Waals surface area contributed by atoms with Crippen LogP contribution in [0.2, 0.25) is 0 Å². The molecule has 1 aliphatic rings. The van der Waals surface area contributed by atoms with E-state index in [0.717, 1.165) is 38.2 Å². The molecule has 2 heterocycles. The summed E-state index contributed by atoms with van der Waals surface area (Å²) in [6.07, 6.45) is 4.48. The van der Waals surface area contributed by atoms with Crippen molar-refractivity contribution in [2.45, 2.75) is 44.7 Å². The van der Waals surface area contributed by atoms with Crippen LogP contribution in [0.5, 0.6) is 0 Å². The van der Waals surface area contributed by atoms with Gasteiger partial charge in [-0.3, -0.25) is 9.78 Å². The average Bonchev–Trinajstić information content (AvgIpc) is 3.00. The Balaban J connectivity index is 1.48. The van der Waals surface area contributed by atoms with Gasteiger partial charge in [0.05, 0.1) is 5.69 Å². The zero-order valence-corrected chi connectivity index (χ0v) is 14.9. The van der Waals surface area contributed by atoms with E-state index in [9.17, 15) is 4.79 Å². The molecular weight excluding hydrogens is 310 g/mol. The standard InChI is InChI=1S/C21H27N3O/c1-17(18-7-3-2-4-8-18)16-24-20(10-11-21(24)25)12-14-22-15-19-9-5-6-13-23-19/h2-9,13,17,20,22H,10-12,14-16H2,1H3/t17-,20+/m0/s1. The maximum atomic E-state index is 12.3. The number of aromatic nitrogens is 1. The lowest BCUT2D eigenvalue weighted by atomic mass is 10.00. The molecule has 1 amide bonds. The van der Waals surface area contributed by atoms with Crippen LogP contribution in [0, 0.1) is 0 Å². The Morgan fingerprint density at radius 1 is 1.20 bits per heavy atom. The van der Waals surface area contributed by atoms with Crippen molar-refractivity contribution in [3.05, 3.63) is 66.0 Å². The number of carbonyl (C=O) groups is 1. The van der Waals surface area contributed by atoms with Gasteiger partial charge in [-0.15, -0.1) is 0 Å². The monoisotopic (exact) mass is 337 g/mol. The third kappa shape index (κ3) is 4.89. The molecule has 1 N–H and O–H groups in total. The van der Waals surface area contributed by atoms with Gasteiger partial charge in [0.25, 0.3) is 0 Å². The summed E-state index contributed by atoms with van der Waals surface area (Å²) in [6, 6.07) is 16.8. The Hall–Kier alpha value is -2.20. The highest BCUT2D eigenvalue weighted by Crippen LogP contribution is 2.25. The number of rotatable bonds is 8. The lowest BCUT2D eigenvalue weighted by molar-refractivity contribution is -0.129. The van der Waals surface area contributed by atoms with Crippen molar-refractivity contribution in [1.29, 1.82) is 0 Å². The first-order valence-electron chi connectivity index (χ1n) is 9.19. The quantitative estimate of drug-likeness (QED) is 0.751. The number of hydrogen-bond donors (Lipinski definition) is 1. The summed E-state index contributed by atoms with van der Waals surface area (Å²) < 4.78 is 0. The lowest BCUT2D eigenvalue weighted by Crippen LogP contribution is -2.37. The molecule has 25 heavy (non-hydrogen) atoms. The lowest BCUT2D eigenvalue weighted by Gasteiger charge is -2.28. The number of amides is 1. The van der Waals surface area contributed by atoms with E-state index in [1.165, 1.54) is 5.56 Å². The summed E-state index contributed by atoms with van der Waals surface area (Å²) in [5.74, 6) is 0.671. The zero-order chi connectivity index (χ0) is 17.5. The zero-order valence-electron chi connectivity index (χ0n) is 14.9. The minimum Gasteiger partial charge on any atom is -0.339 e. The van der Waals surface area contributed by atoms with Crippen molar-refractivity contribution < 1.29 is 4.79 Å². The van der Waals surface area contributed by atoms with Gasteiger partial charge in [-0.25, -0.2) is 0 Å². The highest BCUT2D eigenvalue weighted by Gasteiger charge is 2.31. The first kappa shape index (κ1) is 17.6. The molecule has 4 nitrogen and oxygen atoms in total. The van der Waals surface area contributed by atoms with Crippen LogP contribution >= 0.6 is 0 Å². The smallest absolute Gasteiger partial charge is 0.222 e. The first-order chi connectivity index (χ1) is 12.2. The van der Waals surface area contributed by atoms with Crippen LogP contribution < -0.4 is 5.32 Å². The fourth-order valence-electron chi connectivity index (χ4n) is 3.51. The van der Waals surface area contributed by atoms with Crippen LogP contribution in [0.3, 0.4) is 0 Å². The van der Waals surface area contributed by atoms with E-state index in [2.05, 4.69) is 46.4 Å². The van der Waals surface area contributed by atoms with Gasteiger partial charge in [0.2, 0.25) is 5.91 Å². The number of carbonyl (C=O) groups excluding carboxylic acids is 1. The highest BCUT2D eigenvalue weighted by atomic mass is 16.2. The minimum atomic E-state index is 0.303. The maximum absolute atomic E-state index is 12.3. The first-order valence-corrected chi connectivity index (χ1v) is 9.19. The van der Waals surface area contributed by atoms with E-state index in [4.69, 9.17) is 0 Å². The Kier molecular flexibility index (Phi) is 6.18. The molecule has 1 aliphatic heterocycles. The van der Waals surface area contributed by atoms with Crippen molar-refractivity contribution in [3.8, 4) is 0 Å². The molecule has 0 unspecified atom stereocenters. The predicted molar refractivity (Wildman–Crippen MR) is 100 cm³/mol. The third-order valence-electron chi connectivity index (χ3n) is 4.98. The summed E-state index contributed by atoms with van der Waals surface area (Å²) in [4.78, 5) is 18.7. The van der Waals surface area contributed by atoms with Crippen LogP contribution in [0.15, 0.2) is 54.7 Å². The molecule has 0 aliphatic carbocycles. The van der Waals surface area contributed by atoms with E-state index in [1.807, 2.05) is 30.5 Å². The van der Waals surface area contributed by atoms with Gasteiger partial charge >= 0.3 is 0 Å². The van der Waals surface area contributed by atoms with Crippen LogP contribution in [-0.4, -0.2) is 34.9 Å².